The molecule has 1 N–H and O–H groups in total. The number of hydrogen-bond acceptors (Lipinski definition) is 2. The molecule has 0 fully saturated rings. The second kappa shape index (κ2) is 7.54. The van der Waals surface area contributed by atoms with Crippen LogP contribution in [0.15, 0.2) is 36.9 Å². The van der Waals surface area contributed by atoms with Gasteiger partial charge in [0.05, 0.1) is 6.61 Å². The molecular weight excluding hydrogens is 226 g/mol. The van der Waals surface area contributed by atoms with Crippen molar-refractivity contribution in [3.63, 3.8) is 0 Å². The van der Waals surface area contributed by atoms with Crippen molar-refractivity contribution in [3.8, 4) is 5.75 Å². The number of rotatable bonds is 7. The average molecular weight is 247 g/mol. The molecule has 3 heteroatoms. The summed E-state index contributed by atoms with van der Waals surface area (Å²) in [4.78, 5) is 11.6. The van der Waals surface area contributed by atoms with Crippen LogP contribution in [0.5, 0.6) is 5.75 Å². The first-order chi connectivity index (χ1) is 8.63. The fraction of sp³-hybridized carbons (Fsp3) is 0.400. The van der Waals surface area contributed by atoms with E-state index in [0.29, 0.717) is 24.6 Å². The van der Waals surface area contributed by atoms with Gasteiger partial charge in [-0.1, -0.05) is 19.9 Å². The lowest BCUT2D eigenvalue weighted by Gasteiger charge is -2.08. The molecule has 1 amide bonds. The second-order valence-corrected chi connectivity index (χ2v) is 4.55. The molecule has 0 aliphatic rings. The molecule has 0 bridgehead atoms. The van der Waals surface area contributed by atoms with E-state index in [2.05, 4.69) is 25.7 Å². The molecule has 1 aromatic rings. The lowest BCUT2D eigenvalue weighted by atomic mass is 10.1. The summed E-state index contributed by atoms with van der Waals surface area (Å²) in [6, 6.07) is 7.18. The van der Waals surface area contributed by atoms with Crippen molar-refractivity contribution >= 4 is 5.91 Å². The average Bonchev–Trinajstić information content (AvgIpc) is 2.36. The molecule has 0 aliphatic carbocycles. The summed E-state index contributed by atoms with van der Waals surface area (Å²) < 4.78 is 5.58. The second-order valence-electron chi connectivity index (χ2n) is 4.55. The number of benzene rings is 1. The molecule has 1 rings (SSSR count). The van der Waals surface area contributed by atoms with Crippen LogP contribution in [-0.2, 0) is 0 Å². The van der Waals surface area contributed by atoms with Crippen molar-refractivity contribution in [1.29, 1.82) is 0 Å². The maximum atomic E-state index is 11.6. The molecule has 0 atom stereocenters. The predicted molar refractivity (Wildman–Crippen MR) is 73.9 cm³/mol. The van der Waals surface area contributed by atoms with Crippen molar-refractivity contribution in [3.05, 3.63) is 42.5 Å². The number of carbonyl (C=O) groups is 1. The summed E-state index contributed by atoms with van der Waals surface area (Å²) in [5.74, 6) is 1.34. The highest BCUT2D eigenvalue weighted by Gasteiger charge is 2.04. The fourth-order valence-corrected chi connectivity index (χ4v) is 1.38. The molecule has 0 spiro atoms. The first-order valence-electron chi connectivity index (χ1n) is 6.25. The summed E-state index contributed by atoms with van der Waals surface area (Å²) in [5, 5.41) is 2.73. The molecular formula is C15H21NO2. The normalized spacial score (nSPS) is 10.2. The van der Waals surface area contributed by atoms with Gasteiger partial charge < -0.3 is 10.1 Å². The minimum absolute atomic E-state index is 0.0939. The lowest BCUT2D eigenvalue weighted by Crippen LogP contribution is -2.22. The Kier molecular flexibility index (Phi) is 5.98. The lowest BCUT2D eigenvalue weighted by molar-refractivity contribution is 0.0958. The number of ether oxygens (including phenoxy) is 1. The van der Waals surface area contributed by atoms with Crippen molar-refractivity contribution in [1.82, 2.24) is 5.32 Å². The third-order valence-corrected chi connectivity index (χ3v) is 2.49. The highest BCUT2D eigenvalue weighted by atomic mass is 16.5. The van der Waals surface area contributed by atoms with E-state index in [1.54, 1.807) is 18.2 Å². The molecule has 0 heterocycles. The van der Waals surface area contributed by atoms with Crippen molar-refractivity contribution in [2.24, 2.45) is 5.92 Å². The molecule has 1 aromatic carbocycles. The minimum Gasteiger partial charge on any atom is -0.494 e. The van der Waals surface area contributed by atoms with Gasteiger partial charge in [-0.3, -0.25) is 4.79 Å². The Bertz CT molecular complexity index is 382. The van der Waals surface area contributed by atoms with Crippen LogP contribution in [-0.4, -0.2) is 19.1 Å². The molecule has 18 heavy (non-hydrogen) atoms. The van der Waals surface area contributed by atoms with Gasteiger partial charge in [0, 0.05) is 12.1 Å². The van der Waals surface area contributed by atoms with Gasteiger partial charge in [0.2, 0.25) is 0 Å². The minimum atomic E-state index is -0.0939. The number of nitrogens with one attached hydrogen (secondary N) is 1. The van der Waals surface area contributed by atoms with E-state index in [1.807, 2.05) is 12.1 Å². The molecule has 98 valence electrons. The quantitative estimate of drug-likeness (QED) is 0.752. The Hall–Kier alpha value is -1.77. The van der Waals surface area contributed by atoms with E-state index >= 15 is 0 Å². The number of amides is 1. The fourth-order valence-electron chi connectivity index (χ4n) is 1.38. The Morgan fingerprint density at radius 2 is 2.06 bits per heavy atom. The molecule has 0 radical (unpaired) electrons. The zero-order valence-corrected chi connectivity index (χ0v) is 11.1. The molecule has 0 unspecified atom stereocenters. The SMILES string of the molecule is C=CCNC(=O)c1ccc(OCCC(C)C)cc1. The Balaban J connectivity index is 2.46. The monoisotopic (exact) mass is 247 g/mol. The molecule has 0 aromatic heterocycles. The van der Waals surface area contributed by atoms with Gasteiger partial charge >= 0.3 is 0 Å². The van der Waals surface area contributed by atoms with Gasteiger partial charge in [-0.25, -0.2) is 0 Å². The van der Waals surface area contributed by atoms with Crippen molar-refractivity contribution in [2.45, 2.75) is 20.3 Å². The molecule has 0 saturated carbocycles. The summed E-state index contributed by atoms with van der Waals surface area (Å²) in [5.41, 5.74) is 0.632. The van der Waals surface area contributed by atoms with Gasteiger partial charge in [-0.2, -0.15) is 0 Å². The van der Waals surface area contributed by atoms with E-state index in [0.717, 1.165) is 12.2 Å². The maximum absolute atomic E-state index is 11.6. The topological polar surface area (TPSA) is 38.3 Å². The highest BCUT2D eigenvalue weighted by molar-refractivity contribution is 5.94. The van der Waals surface area contributed by atoms with Gasteiger partial charge in [0.25, 0.3) is 5.91 Å². The van der Waals surface area contributed by atoms with Gasteiger partial charge in [-0.05, 0) is 36.6 Å². The smallest absolute Gasteiger partial charge is 0.251 e. The number of carbonyl (C=O) groups excluding carboxylic acids is 1. The van der Waals surface area contributed by atoms with Crippen LogP contribution in [0, 0.1) is 5.92 Å². The van der Waals surface area contributed by atoms with Crippen LogP contribution in [0.3, 0.4) is 0 Å². The van der Waals surface area contributed by atoms with E-state index < -0.39 is 0 Å². The van der Waals surface area contributed by atoms with E-state index in [1.165, 1.54) is 0 Å². The Morgan fingerprint density at radius 3 is 2.61 bits per heavy atom. The van der Waals surface area contributed by atoms with Crippen LogP contribution in [0.1, 0.15) is 30.6 Å². The van der Waals surface area contributed by atoms with Crippen LogP contribution >= 0.6 is 0 Å². The molecule has 3 nitrogen and oxygen atoms in total. The van der Waals surface area contributed by atoms with E-state index in [4.69, 9.17) is 4.74 Å². The maximum Gasteiger partial charge on any atom is 0.251 e. The van der Waals surface area contributed by atoms with Gasteiger partial charge in [0.1, 0.15) is 5.75 Å². The van der Waals surface area contributed by atoms with Crippen LogP contribution in [0.2, 0.25) is 0 Å². The van der Waals surface area contributed by atoms with Gasteiger partial charge in [-0.15, -0.1) is 6.58 Å². The van der Waals surface area contributed by atoms with Crippen LogP contribution in [0.4, 0.5) is 0 Å². The van der Waals surface area contributed by atoms with Crippen molar-refractivity contribution < 1.29 is 9.53 Å². The van der Waals surface area contributed by atoms with E-state index in [-0.39, 0.29) is 5.91 Å². The summed E-state index contributed by atoms with van der Waals surface area (Å²) >= 11 is 0. The summed E-state index contributed by atoms with van der Waals surface area (Å²) in [6.07, 6.45) is 2.68. The predicted octanol–water partition coefficient (Wildman–Crippen LogP) is 3.03. The van der Waals surface area contributed by atoms with Crippen LogP contribution in [0.25, 0.3) is 0 Å². The number of hydrogen-bond donors (Lipinski definition) is 1. The van der Waals surface area contributed by atoms with Gasteiger partial charge in [0.15, 0.2) is 0 Å². The molecule has 0 saturated heterocycles. The third-order valence-electron chi connectivity index (χ3n) is 2.49. The first kappa shape index (κ1) is 14.3. The van der Waals surface area contributed by atoms with Crippen LogP contribution < -0.4 is 10.1 Å². The summed E-state index contributed by atoms with van der Waals surface area (Å²) in [6.45, 7) is 9.07. The first-order valence-corrected chi connectivity index (χ1v) is 6.25. The van der Waals surface area contributed by atoms with E-state index in [9.17, 15) is 4.79 Å². The third kappa shape index (κ3) is 5.04. The highest BCUT2D eigenvalue weighted by Crippen LogP contribution is 2.13. The molecule has 0 aliphatic heterocycles. The zero-order chi connectivity index (χ0) is 13.4. The Labute approximate surface area is 109 Å². The summed E-state index contributed by atoms with van der Waals surface area (Å²) in [7, 11) is 0. The zero-order valence-electron chi connectivity index (χ0n) is 11.1. The van der Waals surface area contributed by atoms with Crippen molar-refractivity contribution in [2.75, 3.05) is 13.2 Å². The largest absolute Gasteiger partial charge is 0.494 e. The standard InChI is InChI=1S/C15H21NO2/c1-4-10-16-15(17)13-5-7-14(8-6-13)18-11-9-12(2)3/h4-8,12H,1,9-11H2,2-3H3,(H,16,17). The Morgan fingerprint density at radius 1 is 1.39 bits per heavy atom.